The number of nitrogens with zero attached hydrogens (tertiary/aromatic N) is 2. The molecule has 1 aromatic heterocycles. The Morgan fingerprint density at radius 2 is 1.83 bits per heavy atom. The van der Waals surface area contributed by atoms with Crippen molar-refractivity contribution in [1.29, 1.82) is 0 Å². The number of aryl methyl sites for hydroxylation is 3. The van der Waals surface area contributed by atoms with Crippen LogP contribution in [0.1, 0.15) is 37.6 Å². The van der Waals surface area contributed by atoms with Gasteiger partial charge in [-0.1, -0.05) is 30.3 Å². The lowest BCUT2D eigenvalue weighted by atomic mass is 10.1. The lowest BCUT2D eigenvalue weighted by molar-refractivity contribution is -0.121. The third kappa shape index (κ3) is 6.91. The molecule has 1 heterocycles. The standard InChI is InChI=1S/C18H25N3O3/c1-14(2)23-13-12-19-16(22)9-11-18-21-20-17(24-18)10-8-15-6-4-3-5-7-15/h3-7,14H,8-13H2,1-2H3,(H,19,22). The summed E-state index contributed by atoms with van der Waals surface area (Å²) in [7, 11) is 0. The van der Waals surface area contributed by atoms with Gasteiger partial charge in [0.25, 0.3) is 0 Å². The van der Waals surface area contributed by atoms with Crippen LogP contribution in [0.15, 0.2) is 34.7 Å². The molecule has 0 aliphatic rings. The lowest BCUT2D eigenvalue weighted by Gasteiger charge is -2.08. The molecule has 0 atom stereocenters. The minimum absolute atomic E-state index is 0.0357. The molecule has 24 heavy (non-hydrogen) atoms. The fraction of sp³-hybridized carbons (Fsp3) is 0.500. The van der Waals surface area contributed by atoms with E-state index >= 15 is 0 Å². The number of aromatic nitrogens is 2. The number of amides is 1. The molecule has 0 unspecified atom stereocenters. The van der Waals surface area contributed by atoms with Crippen molar-refractivity contribution < 1.29 is 13.9 Å². The average Bonchev–Trinajstić information content (AvgIpc) is 3.04. The van der Waals surface area contributed by atoms with E-state index in [4.69, 9.17) is 9.15 Å². The number of rotatable bonds is 10. The summed E-state index contributed by atoms with van der Waals surface area (Å²) >= 11 is 0. The normalized spacial score (nSPS) is 11.0. The molecular weight excluding hydrogens is 306 g/mol. The highest BCUT2D eigenvalue weighted by Gasteiger charge is 2.09. The predicted octanol–water partition coefficient (Wildman–Crippen LogP) is 2.33. The molecule has 0 spiro atoms. The van der Waals surface area contributed by atoms with E-state index in [9.17, 15) is 4.79 Å². The Labute approximate surface area is 142 Å². The van der Waals surface area contributed by atoms with Gasteiger partial charge in [-0.2, -0.15) is 0 Å². The van der Waals surface area contributed by atoms with Crippen molar-refractivity contribution in [3.05, 3.63) is 47.7 Å². The van der Waals surface area contributed by atoms with E-state index in [0.717, 1.165) is 6.42 Å². The first kappa shape index (κ1) is 18.1. The molecule has 1 N–H and O–H groups in total. The van der Waals surface area contributed by atoms with Crippen molar-refractivity contribution in [3.8, 4) is 0 Å². The van der Waals surface area contributed by atoms with Crippen molar-refractivity contribution in [3.63, 3.8) is 0 Å². The maximum Gasteiger partial charge on any atom is 0.220 e. The van der Waals surface area contributed by atoms with Gasteiger partial charge in [0.1, 0.15) is 0 Å². The summed E-state index contributed by atoms with van der Waals surface area (Å²) in [6.45, 7) is 4.97. The van der Waals surface area contributed by atoms with Gasteiger partial charge in [-0.3, -0.25) is 4.79 Å². The SMILES string of the molecule is CC(C)OCCNC(=O)CCc1nnc(CCc2ccccc2)o1. The van der Waals surface area contributed by atoms with Gasteiger partial charge in [0.15, 0.2) is 0 Å². The Hall–Kier alpha value is -2.21. The molecular formula is C18H25N3O3. The molecule has 0 aliphatic heterocycles. The largest absolute Gasteiger partial charge is 0.425 e. The first-order valence-electron chi connectivity index (χ1n) is 8.37. The number of carbonyl (C=O) groups is 1. The number of ether oxygens (including phenoxy) is 1. The van der Waals surface area contributed by atoms with Gasteiger partial charge in [0, 0.05) is 25.8 Å². The predicted molar refractivity (Wildman–Crippen MR) is 90.6 cm³/mol. The molecule has 6 heteroatoms. The summed E-state index contributed by atoms with van der Waals surface area (Å²) in [4.78, 5) is 11.7. The summed E-state index contributed by atoms with van der Waals surface area (Å²) in [6, 6.07) is 10.2. The molecule has 0 fully saturated rings. The van der Waals surface area contributed by atoms with Crippen LogP contribution in [-0.2, 0) is 28.8 Å². The lowest BCUT2D eigenvalue weighted by Crippen LogP contribution is -2.28. The Bertz CT molecular complexity index is 611. The van der Waals surface area contributed by atoms with Crippen LogP contribution in [0.3, 0.4) is 0 Å². The fourth-order valence-corrected chi connectivity index (χ4v) is 2.18. The highest BCUT2D eigenvalue weighted by molar-refractivity contribution is 5.75. The highest BCUT2D eigenvalue weighted by atomic mass is 16.5. The molecule has 0 bridgehead atoms. The van der Waals surface area contributed by atoms with Crippen molar-refractivity contribution in [2.45, 2.75) is 45.6 Å². The van der Waals surface area contributed by atoms with Gasteiger partial charge in [-0.15, -0.1) is 10.2 Å². The van der Waals surface area contributed by atoms with Crippen LogP contribution >= 0.6 is 0 Å². The fourth-order valence-electron chi connectivity index (χ4n) is 2.18. The zero-order chi connectivity index (χ0) is 17.2. The molecule has 0 saturated carbocycles. The first-order valence-corrected chi connectivity index (χ1v) is 8.37. The Morgan fingerprint density at radius 3 is 2.54 bits per heavy atom. The minimum atomic E-state index is -0.0357. The maximum atomic E-state index is 11.7. The van der Waals surface area contributed by atoms with Crippen LogP contribution in [0.25, 0.3) is 0 Å². The summed E-state index contributed by atoms with van der Waals surface area (Å²) < 4.78 is 11.0. The van der Waals surface area contributed by atoms with E-state index in [2.05, 4.69) is 27.6 Å². The van der Waals surface area contributed by atoms with E-state index < -0.39 is 0 Å². The molecule has 1 aromatic carbocycles. The Kier molecular flexibility index (Phi) is 7.42. The van der Waals surface area contributed by atoms with Crippen LogP contribution in [0.5, 0.6) is 0 Å². The maximum absolute atomic E-state index is 11.7. The molecule has 6 nitrogen and oxygen atoms in total. The third-order valence-corrected chi connectivity index (χ3v) is 3.42. The number of benzene rings is 1. The molecule has 0 aliphatic carbocycles. The molecule has 2 rings (SSSR count). The zero-order valence-corrected chi connectivity index (χ0v) is 14.3. The van der Waals surface area contributed by atoms with Crippen molar-refractivity contribution in [1.82, 2.24) is 15.5 Å². The van der Waals surface area contributed by atoms with Crippen LogP contribution in [-0.4, -0.2) is 35.4 Å². The van der Waals surface area contributed by atoms with E-state index in [1.807, 2.05) is 32.0 Å². The van der Waals surface area contributed by atoms with Gasteiger partial charge < -0.3 is 14.5 Å². The van der Waals surface area contributed by atoms with Crippen molar-refractivity contribution >= 4 is 5.91 Å². The number of hydrogen-bond donors (Lipinski definition) is 1. The number of nitrogens with one attached hydrogen (secondary N) is 1. The Morgan fingerprint density at radius 1 is 1.12 bits per heavy atom. The van der Waals surface area contributed by atoms with Gasteiger partial charge in [0.2, 0.25) is 17.7 Å². The van der Waals surface area contributed by atoms with Gasteiger partial charge in [0.05, 0.1) is 12.7 Å². The smallest absolute Gasteiger partial charge is 0.220 e. The molecule has 130 valence electrons. The van der Waals surface area contributed by atoms with E-state index in [0.29, 0.717) is 44.2 Å². The van der Waals surface area contributed by atoms with Gasteiger partial charge >= 0.3 is 0 Å². The molecule has 1 amide bonds. The minimum Gasteiger partial charge on any atom is -0.425 e. The van der Waals surface area contributed by atoms with Crippen molar-refractivity contribution in [2.75, 3.05) is 13.2 Å². The average molecular weight is 331 g/mol. The van der Waals surface area contributed by atoms with Gasteiger partial charge in [-0.25, -0.2) is 0 Å². The molecule has 2 aromatic rings. The molecule has 0 saturated heterocycles. The third-order valence-electron chi connectivity index (χ3n) is 3.42. The van der Waals surface area contributed by atoms with Crippen molar-refractivity contribution in [2.24, 2.45) is 0 Å². The second kappa shape index (κ2) is 9.82. The van der Waals surface area contributed by atoms with E-state index in [1.54, 1.807) is 0 Å². The summed E-state index contributed by atoms with van der Waals surface area (Å²) in [6.07, 6.45) is 2.53. The van der Waals surface area contributed by atoms with E-state index in [-0.39, 0.29) is 12.0 Å². The monoisotopic (exact) mass is 331 g/mol. The highest BCUT2D eigenvalue weighted by Crippen LogP contribution is 2.08. The summed E-state index contributed by atoms with van der Waals surface area (Å²) in [5.41, 5.74) is 1.24. The second-order valence-electron chi connectivity index (χ2n) is 5.84. The Balaban J connectivity index is 1.65. The number of hydrogen-bond acceptors (Lipinski definition) is 5. The second-order valence-corrected chi connectivity index (χ2v) is 5.84. The summed E-state index contributed by atoms with van der Waals surface area (Å²) in [5, 5.41) is 10.8. The van der Waals surface area contributed by atoms with Gasteiger partial charge in [-0.05, 0) is 25.8 Å². The van der Waals surface area contributed by atoms with Crippen LogP contribution in [0, 0.1) is 0 Å². The van der Waals surface area contributed by atoms with Crippen LogP contribution in [0.2, 0.25) is 0 Å². The topological polar surface area (TPSA) is 77.2 Å². The molecule has 0 radical (unpaired) electrons. The summed E-state index contributed by atoms with van der Waals surface area (Å²) in [5.74, 6) is 1.08. The zero-order valence-electron chi connectivity index (χ0n) is 14.3. The van der Waals surface area contributed by atoms with E-state index in [1.165, 1.54) is 5.56 Å². The van der Waals surface area contributed by atoms with Crippen LogP contribution < -0.4 is 5.32 Å². The number of carbonyl (C=O) groups excluding carboxylic acids is 1. The van der Waals surface area contributed by atoms with Crippen LogP contribution in [0.4, 0.5) is 0 Å². The first-order chi connectivity index (χ1) is 11.6. The quantitative estimate of drug-likeness (QED) is 0.676.